The number of nitrogen functional groups attached to an aromatic ring is 1. The first-order chi connectivity index (χ1) is 10.2. The Morgan fingerprint density at radius 1 is 1.29 bits per heavy atom. The van der Waals surface area contributed by atoms with Gasteiger partial charge in [0.05, 0.1) is 6.33 Å². The van der Waals surface area contributed by atoms with Crippen LogP contribution in [0.2, 0.25) is 0 Å². The molecule has 0 saturated carbocycles. The van der Waals surface area contributed by atoms with Gasteiger partial charge in [-0.2, -0.15) is 9.97 Å². The number of nitrogens with two attached hydrogens (primary N) is 1. The SMILES string of the molecule is Nc1nc(NC(=O)OCc2ccccc2)c2[nH]cnc2n1. The van der Waals surface area contributed by atoms with Gasteiger partial charge in [0.15, 0.2) is 11.5 Å². The van der Waals surface area contributed by atoms with Crippen LogP contribution in [0.3, 0.4) is 0 Å². The topological polar surface area (TPSA) is 119 Å². The number of H-pyrrole nitrogens is 1. The molecule has 0 atom stereocenters. The summed E-state index contributed by atoms with van der Waals surface area (Å²) in [5.74, 6) is 0.251. The van der Waals surface area contributed by atoms with Crippen LogP contribution in [-0.2, 0) is 11.3 Å². The van der Waals surface area contributed by atoms with Crippen LogP contribution in [0.15, 0.2) is 36.7 Å². The molecular weight excluding hydrogens is 272 g/mol. The fraction of sp³-hybridized carbons (Fsp3) is 0.0769. The molecule has 8 nitrogen and oxygen atoms in total. The van der Waals surface area contributed by atoms with E-state index < -0.39 is 6.09 Å². The molecule has 0 radical (unpaired) electrons. The third-order valence-corrected chi connectivity index (χ3v) is 2.74. The summed E-state index contributed by atoms with van der Waals surface area (Å²) in [6, 6.07) is 9.36. The summed E-state index contributed by atoms with van der Waals surface area (Å²) >= 11 is 0. The molecule has 0 aliphatic heterocycles. The number of rotatable bonds is 3. The first-order valence-corrected chi connectivity index (χ1v) is 6.16. The number of anilines is 2. The lowest BCUT2D eigenvalue weighted by Crippen LogP contribution is -2.15. The van der Waals surface area contributed by atoms with Gasteiger partial charge in [0.2, 0.25) is 5.95 Å². The van der Waals surface area contributed by atoms with Crippen molar-refractivity contribution in [2.45, 2.75) is 6.61 Å². The molecule has 3 rings (SSSR count). The number of aromatic amines is 1. The highest BCUT2D eigenvalue weighted by Crippen LogP contribution is 2.17. The number of nitrogens with one attached hydrogen (secondary N) is 2. The molecule has 106 valence electrons. The summed E-state index contributed by atoms with van der Waals surface area (Å²) in [5.41, 5.74) is 7.31. The normalized spacial score (nSPS) is 10.5. The van der Waals surface area contributed by atoms with Crippen molar-refractivity contribution in [1.82, 2.24) is 19.9 Å². The third-order valence-electron chi connectivity index (χ3n) is 2.74. The van der Waals surface area contributed by atoms with Crippen molar-refractivity contribution in [3.8, 4) is 0 Å². The minimum atomic E-state index is -0.632. The van der Waals surface area contributed by atoms with Gasteiger partial charge in [0.1, 0.15) is 12.1 Å². The third kappa shape index (κ3) is 2.89. The van der Waals surface area contributed by atoms with Crippen LogP contribution in [0.25, 0.3) is 11.2 Å². The number of hydrogen-bond donors (Lipinski definition) is 3. The Labute approximate surface area is 119 Å². The Kier molecular flexibility index (Phi) is 3.34. The van der Waals surface area contributed by atoms with E-state index in [1.807, 2.05) is 30.3 Å². The van der Waals surface area contributed by atoms with Gasteiger partial charge in [0.25, 0.3) is 0 Å². The molecule has 21 heavy (non-hydrogen) atoms. The molecule has 0 unspecified atom stereocenters. The van der Waals surface area contributed by atoms with Gasteiger partial charge in [-0.15, -0.1) is 0 Å². The number of ether oxygens (including phenoxy) is 1. The average Bonchev–Trinajstić information content (AvgIpc) is 2.94. The highest BCUT2D eigenvalue weighted by Gasteiger charge is 2.12. The second-order valence-corrected chi connectivity index (χ2v) is 4.22. The van der Waals surface area contributed by atoms with E-state index in [2.05, 4.69) is 25.3 Å². The number of fused-ring (bicyclic) bond motifs is 1. The highest BCUT2D eigenvalue weighted by atomic mass is 16.5. The number of carbonyl (C=O) groups excluding carboxylic acids is 1. The number of nitrogens with zero attached hydrogens (tertiary/aromatic N) is 3. The Hall–Kier alpha value is -3.16. The predicted octanol–water partition coefficient (Wildman–Crippen LogP) is 1.68. The van der Waals surface area contributed by atoms with Crippen molar-refractivity contribution in [3.63, 3.8) is 0 Å². The first kappa shape index (κ1) is 12.9. The van der Waals surface area contributed by atoms with Crippen LogP contribution >= 0.6 is 0 Å². The second-order valence-electron chi connectivity index (χ2n) is 4.22. The summed E-state index contributed by atoms with van der Waals surface area (Å²) in [6.07, 6.45) is 0.812. The van der Waals surface area contributed by atoms with E-state index in [9.17, 15) is 4.79 Å². The van der Waals surface area contributed by atoms with Crippen molar-refractivity contribution in [1.29, 1.82) is 0 Å². The molecule has 0 aliphatic rings. The smallest absolute Gasteiger partial charge is 0.413 e. The summed E-state index contributed by atoms with van der Waals surface area (Å²) in [6.45, 7) is 0.166. The maximum atomic E-state index is 11.8. The zero-order valence-electron chi connectivity index (χ0n) is 10.9. The number of carbonyl (C=O) groups is 1. The fourth-order valence-corrected chi connectivity index (χ4v) is 1.80. The van der Waals surface area contributed by atoms with E-state index in [0.717, 1.165) is 5.56 Å². The van der Waals surface area contributed by atoms with E-state index >= 15 is 0 Å². The lowest BCUT2D eigenvalue weighted by atomic mass is 10.2. The summed E-state index contributed by atoms with van der Waals surface area (Å²) in [5, 5.41) is 2.52. The molecule has 0 fully saturated rings. The minimum absolute atomic E-state index is 0.0213. The number of imidazole rings is 1. The Bertz CT molecular complexity index is 771. The maximum absolute atomic E-state index is 11.8. The zero-order chi connectivity index (χ0) is 14.7. The van der Waals surface area contributed by atoms with Crippen LogP contribution in [0.5, 0.6) is 0 Å². The average molecular weight is 284 g/mol. The predicted molar refractivity (Wildman–Crippen MR) is 76.3 cm³/mol. The van der Waals surface area contributed by atoms with E-state index in [1.54, 1.807) is 0 Å². The van der Waals surface area contributed by atoms with Gasteiger partial charge in [-0.05, 0) is 5.56 Å². The monoisotopic (exact) mass is 284 g/mol. The lowest BCUT2D eigenvalue weighted by molar-refractivity contribution is 0.155. The maximum Gasteiger partial charge on any atom is 0.413 e. The molecule has 0 saturated heterocycles. The summed E-state index contributed by atoms with van der Waals surface area (Å²) < 4.78 is 5.11. The van der Waals surface area contributed by atoms with Crippen LogP contribution in [0.1, 0.15) is 5.56 Å². The Morgan fingerprint density at radius 2 is 2.10 bits per heavy atom. The van der Waals surface area contributed by atoms with Crippen molar-refractivity contribution < 1.29 is 9.53 Å². The zero-order valence-corrected chi connectivity index (χ0v) is 10.9. The molecule has 0 aliphatic carbocycles. The quantitative estimate of drug-likeness (QED) is 0.673. The van der Waals surface area contributed by atoms with Crippen LogP contribution in [0, 0.1) is 0 Å². The van der Waals surface area contributed by atoms with Crippen molar-refractivity contribution in [2.75, 3.05) is 11.1 Å². The molecule has 2 aromatic heterocycles. The molecule has 0 bridgehead atoms. The van der Waals surface area contributed by atoms with Gasteiger partial charge in [-0.1, -0.05) is 30.3 Å². The van der Waals surface area contributed by atoms with Gasteiger partial charge < -0.3 is 15.5 Å². The van der Waals surface area contributed by atoms with Crippen molar-refractivity contribution in [3.05, 3.63) is 42.2 Å². The molecule has 1 amide bonds. The second kappa shape index (κ2) is 5.45. The molecule has 8 heteroatoms. The summed E-state index contributed by atoms with van der Waals surface area (Å²) in [4.78, 5) is 26.5. The summed E-state index contributed by atoms with van der Waals surface area (Å²) in [7, 11) is 0. The standard InChI is InChI=1S/C13H12N6O2/c14-12-17-10-9(15-7-16-10)11(18-12)19-13(20)21-6-8-4-2-1-3-5-8/h1-5,7H,6H2,(H4,14,15,16,17,18,19,20). The van der Waals surface area contributed by atoms with E-state index in [0.29, 0.717) is 11.2 Å². The molecule has 4 N–H and O–H groups in total. The Balaban J connectivity index is 1.70. The number of hydrogen-bond acceptors (Lipinski definition) is 6. The van der Waals surface area contributed by atoms with Gasteiger partial charge in [0, 0.05) is 0 Å². The van der Waals surface area contributed by atoms with E-state index in [-0.39, 0.29) is 18.4 Å². The van der Waals surface area contributed by atoms with Gasteiger partial charge in [-0.25, -0.2) is 9.78 Å². The van der Waals surface area contributed by atoms with Crippen LogP contribution in [0.4, 0.5) is 16.6 Å². The highest BCUT2D eigenvalue weighted by molar-refractivity contribution is 5.93. The van der Waals surface area contributed by atoms with Gasteiger partial charge >= 0.3 is 6.09 Å². The molecule has 2 heterocycles. The lowest BCUT2D eigenvalue weighted by Gasteiger charge is -2.07. The largest absolute Gasteiger partial charge is 0.444 e. The molecule has 3 aromatic rings. The van der Waals surface area contributed by atoms with E-state index in [1.165, 1.54) is 6.33 Å². The van der Waals surface area contributed by atoms with E-state index in [4.69, 9.17) is 10.5 Å². The molecule has 1 aromatic carbocycles. The van der Waals surface area contributed by atoms with Crippen molar-refractivity contribution in [2.24, 2.45) is 0 Å². The van der Waals surface area contributed by atoms with Crippen LogP contribution in [-0.4, -0.2) is 26.0 Å². The molecular formula is C13H12N6O2. The van der Waals surface area contributed by atoms with Crippen molar-refractivity contribution >= 4 is 29.0 Å². The molecule has 0 spiro atoms. The fourth-order valence-electron chi connectivity index (χ4n) is 1.80. The van der Waals surface area contributed by atoms with Gasteiger partial charge in [-0.3, -0.25) is 5.32 Å². The number of benzene rings is 1. The van der Waals surface area contributed by atoms with Crippen LogP contribution < -0.4 is 11.1 Å². The number of amides is 1. The first-order valence-electron chi connectivity index (χ1n) is 6.16. The minimum Gasteiger partial charge on any atom is -0.444 e. The Morgan fingerprint density at radius 3 is 2.90 bits per heavy atom. The number of aromatic nitrogens is 4.